The number of halogens is 1. The fourth-order valence-electron chi connectivity index (χ4n) is 3.24. The van der Waals surface area contributed by atoms with E-state index in [9.17, 15) is 9.59 Å². The second-order valence-electron chi connectivity index (χ2n) is 6.23. The maximum Gasteiger partial charge on any atom is 0.317 e. The number of aromatic nitrogens is 1. The summed E-state index contributed by atoms with van der Waals surface area (Å²) in [7, 11) is 0. The van der Waals surface area contributed by atoms with Crippen LogP contribution in [0.4, 0.5) is 5.00 Å². The van der Waals surface area contributed by atoms with E-state index in [1.807, 2.05) is 29.2 Å². The van der Waals surface area contributed by atoms with E-state index < -0.39 is 5.97 Å². The van der Waals surface area contributed by atoms with E-state index in [4.69, 9.17) is 10.1 Å². The van der Waals surface area contributed by atoms with Gasteiger partial charge in [0, 0.05) is 30.5 Å². The lowest BCUT2D eigenvalue weighted by molar-refractivity contribution is -0.138. The summed E-state index contributed by atoms with van der Waals surface area (Å²) < 4.78 is 1.11. The smallest absolute Gasteiger partial charge is 0.317 e. The molecule has 27 heavy (non-hydrogen) atoms. The first kappa shape index (κ1) is 19.8. The number of thiophene rings is 1. The largest absolute Gasteiger partial charge is 0.480 e. The lowest BCUT2D eigenvalue weighted by Crippen LogP contribution is -2.34. The van der Waals surface area contributed by atoms with Crippen LogP contribution in [0, 0.1) is 0 Å². The molecule has 4 rings (SSSR count). The predicted octanol–water partition coefficient (Wildman–Crippen LogP) is 3.85. The third-order valence-corrected chi connectivity index (χ3v) is 6.48. The second-order valence-corrected chi connectivity index (χ2v) is 8.37. The molecule has 6 nitrogen and oxygen atoms in total. The predicted molar refractivity (Wildman–Crippen MR) is 111 cm³/mol. The number of thiazole rings is 1. The zero-order valence-electron chi connectivity index (χ0n) is 14.5. The molecule has 0 atom stereocenters. The number of carbonyl (C=O) groups excluding carboxylic acids is 1. The van der Waals surface area contributed by atoms with Gasteiger partial charge in [0.05, 0.1) is 16.8 Å². The van der Waals surface area contributed by atoms with Gasteiger partial charge < -0.3 is 10.4 Å². The number of hydrogen-bond acceptors (Lipinski definition) is 6. The average molecular weight is 424 g/mol. The zero-order valence-corrected chi connectivity index (χ0v) is 17.0. The molecule has 0 saturated carbocycles. The normalized spacial score (nSPS) is 13.8. The number of nitrogens with one attached hydrogen (secondary N) is 1. The molecule has 0 aliphatic carbocycles. The molecule has 9 heteroatoms. The number of para-hydroxylation sites is 1. The Morgan fingerprint density at radius 2 is 2.07 bits per heavy atom. The summed E-state index contributed by atoms with van der Waals surface area (Å²) in [6.07, 6.45) is 0.754. The molecule has 0 bridgehead atoms. The fraction of sp³-hybridized carbons (Fsp3) is 0.278. The molecule has 1 aliphatic rings. The fourth-order valence-corrected chi connectivity index (χ4v) is 5.68. The highest BCUT2D eigenvalue weighted by Gasteiger charge is 2.28. The van der Waals surface area contributed by atoms with Crippen LogP contribution >= 0.6 is 35.1 Å². The van der Waals surface area contributed by atoms with Gasteiger partial charge in [0.15, 0.2) is 0 Å². The summed E-state index contributed by atoms with van der Waals surface area (Å²) in [6.45, 7) is 2.80. The number of aliphatic carboxylic acids is 1. The number of benzene rings is 1. The Kier molecular flexibility index (Phi) is 5.81. The van der Waals surface area contributed by atoms with E-state index in [1.165, 1.54) is 23.8 Å². The summed E-state index contributed by atoms with van der Waals surface area (Å²) in [6, 6.07) is 7.99. The van der Waals surface area contributed by atoms with E-state index in [1.54, 1.807) is 11.3 Å². The molecular formula is C18H18ClN3O3S2. The van der Waals surface area contributed by atoms with Gasteiger partial charge in [-0.15, -0.1) is 35.1 Å². The third-order valence-electron chi connectivity index (χ3n) is 4.29. The van der Waals surface area contributed by atoms with Crippen molar-refractivity contribution in [1.82, 2.24) is 9.88 Å². The molecule has 0 spiro atoms. The maximum absolute atomic E-state index is 11.7. The van der Waals surface area contributed by atoms with Crippen molar-refractivity contribution >= 4 is 62.2 Å². The molecule has 0 radical (unpaired) electrons. The summed E-state index contributed by atoms with van der Waals surface area (Å²) in [5.74, 6) is -0.938. The minimum absolute atomic E-state index is 0. The maximum atomic E-state index is 11.7. The van der Waals surface area contributed by atoms with Crippen molar-refractivity contribution in [3.05, 3.63) is 34.7 Å². The first-order valence-electron chi connectivity index (χ1n) is 8.23. The van der Waals surface area contributed by atoms with Gasteiger partial charge in [0.1, 0.15) is 10.0 Å². The summed E-state index contributed by atoms with van der Waals surface area (Å²) in [5.41, 5.74) is 3.13. The molecule has 3 aromatic rings. The molecule has 0 fully saturated rings. The number of carboxylic acid groups (broad SMARTS) is 1. The number of amides is 1. The molecular weight excluding hydrogens is 406 g/mol. The van der Waals surface area contributed by atoms with Crippen molar-refractivity contribution < 1.29 is 14.7 Å². The minimum atomic E-state index is -0.821. The molecule has 3 heterocycles. The monoisotopic (exact) mass is 423 g/mol. The van der Waals surface area contributed by atoms with Crippen molar-refractivity contribution in [3.8, 4) is 10.6 Å². The van der Waals surface area contributed by atoms with Crippen molar-refractivity contribution in [1.29, 1.82) is 0 Å². The SMILES string of the molecule is CC(=O)Nc1sc2c(c1-c1nc3ccccc3s1)CCN(CC(=O)O)C2.Cl. The molecule has 0 unspecified atom stereocenters. The standard InChI is InChI=1S/C18H17N3O3S2.ClH/c1-10(22)19-17-16(18-20-12-4-2-3-5-13(12)25-18)11-6-7-21(9-15(23)24)8-14(11)26-17;/h2-5H,6-9H2,1H3,(H,19,22)(H,23,24);1H. The van der Waals surface area contributed by atoms with Gasteiger partial charge in [-0.25, -0.2) is 4.98 Å². The van der Waals surface area contributed by atoms with Crippen molar-refractivity contribution in [2.45, 2.75) is 19.9 Å². The Balaban J connectivity index is 0.00000210. The van der Waals surface area contributed by atoms with Crippen LogP contribution in [0.25, 0.3) is 20.8 Å². The summed E-state index contributed by atoms with van der Waals surface area (Å²) in [5, 5.41) is 13.7. The van der Waals surface area contributed by atoms with Crippen LogP contribution in [0.5, 0.6) is 0 Å². The Morgan fingerprint density at radius 3 is 2.78 bits per heavy atom. The van der Waals surface area contributed by atoms with Gasteiger partial charge in [0.2, 0.25) is 5.91 Å². The van der Waals surface area contributed by atoms with Crippen LogP contribution in [0.1, 0.15) is 17.4 Å². The van der Waals surface area contributed by atoms with Gasteiger partial charge in [-0.2, -0.15) is 0 Å². The first-order valence-corrected chi connectivity index (χ1v) is 9.87. The number of fused-ring (bicyclic) bond motifs is 2. The molecule has 0 saturated heterocycles. The highest BCUT2D eigenvalue weighted by molar-refractivity contribution is 7.22. The molecule has 2 aromatic heterocycles. The Labute approximate surface area is 170 Å². The molecule has 142 valence electrons. The van der Waals surface area contributed by atoms with Gasteiger partial charge in [-0.3, -0.25) is 14.5 Å². The van der Waals surface area contributed by atoms with E-state index >= 15 is 0 Å². The van der Waals surface area contributed by atoms with Gasteiger partial charge in [0.25, 0.3) is 0 Å². The van der Waals surface area contributed by atoms with Gasteiger partial charge in [-0.1, -0.05) is 12.1 Å². The van der Waals surface area contributed by atoms with Crippen LogP contribution in [0.2, 0.25) is 0 Å². The number of hydrogen-bond donors (Lipinski definition) is 2. The molecule has 1 amide bonds. The summed E-state index contributed by atoms with van der Waals surface area (Å²) in [4.78, 5) is 30.5. The highest BCUT2D eigenvalue weighted by atomic mass is 35.5. The number of carboxylic acids is 1. The molecule has 2 N–H and O–H groups in total. The quantitative estimate of drug-likeness (QED) is 0.666. The van der Waals surface area contributed by atoms with Crippen LogP contribution in [0.15, 0.2) is 24.3 Å². The first-order chi connectivity index (χ1) is 12.5. The highest BCUT2D eigenvalue weighted by Crippen LogP contribution is 2.45. The summed E-state index contributed by atoms with van der Waals surface area (Å²) >= 11 is 3.14. The van der Waals surface area contributed by atoms with Crippen LogP contribution < -0.4 is 5.32 Å². The average Bonchev–Trinajstić information content (AvgIpc) is 3.13. The van der Waals surface area contributed by atoms with Gasteiger partial charge in [-0.05, 0) is 24.1 Å². The van der Waals surface area contributed by atoms with Crippen molar-refractivity contribution in [2.75, 3.05) is 18.4 Å². The van der Waals surface area contributed by atoms with Crippen molar-refractivity contribution in [3.63, 3.8) is 0 Å². The Hall–Kier alpha value is -2.00. The lowest BCUT2D eigenvalue weighted by Gasteiger charge is -2.25. The topological polar surface area (TPSA) is 82.5 Å². The third kappa shape index (κ3) is 3.98. The Morgan fingerprint density at radius 1 is 1.30 bits per heavy atom. The minimum Gasteiger partial charge on any atom is -0.480 e. The van der Waals surface area contributed by atoms with E-state index in [0.717, 1.165) is 37.1 Å². The molecule has 1 aromatic carbocycles. The van der Waals surface area contributed by atoms with Crippen molar-refractivity contribution in [2.24, 2.45) is 0 Å². The van der Waals surface area contributed by atoms with Crippen LogP contribution in [0.3, 0.4) is 0 Å². The van der Waals surface area contributed by atoms with E-state index in [2.05, 4.69) is 5.32 Å². The van der Waals surface area contributed by atoms with Crippen LogP contribution in [-0.4, -0.2) is 40.0 Å². The Bertz CT molecular complexity index is 982. The lowest BCUT2D eigenvalue weighted by atomic mass is 10.0. The zero-order chi connectivity index (χ0) is 18.3. The number of nitrogens with zero attached hydrogens (tertiary/aromatic N) is 2. The molecule has 1 aliphatic heterocycles. The second kappa shape index (κ2) is 7.93. The van der Waals surface area contributed by atoms with Gasteiger partial charge >= 0.3 is 5.97 Å². The van der Waals surface area contributed by atoms with Crippen LogP contribution in [-0.2, 0) is 22.6 Å². The van der Waals surface area contributed by atoms with E-state index in [0.29, 0.717) is 13.1 Å². The van der Waals surface area contributed by atoms with E-state index in [-0.39, 0.29) is 24.9 Å². The number of anilines is 1. The number of carbonyl (C=O) groups is 2. The number of rotatable bonds is 4.